The Morgan fingerprint density at radius 2 is 1.70 bits per heavy atom. The molecule has 37 heavy (non-hydrogen) atoms. The van der Waals surface area contributed by atoms with Crippen LogP contribution in [0.4, 0.5) is 10.5 Å². The number of nitrogens with one attached hydrogen (secondary N) is 1. The van der Waals surface area contributed by atoms with Crippen molar-refractivity contribution in [2.24, 2.45) is 12.8 Å². The number of aryl methyl sites for hydroxylation is 1. The van der Waals surface area contributed by atoms with Gasteiger partial charge < -0.3 is 25.3 Å². The minimum Gasteiger partial charge on any atom is -0.492 e. The van der Waals surface area contributed by atoms with Crippen LogP contribution in [0.1, 0.15) is 24.2 Å². The van der Waals surface area contributed by atoms with Crippen molar-refractivity contribution >= 4 is 28.7 Å². The van der Waals surface area contributed by atoms with Crippen LogP contribution in [-0.4, -0.2) is 39.5 Å². The van der Waals surface area contributed by atoms with Gasteiger partial charge in [-0.25, -0.2) is 9.78 Å². The van der Waals surface area contributed by atoms with Crippen molar-refractivity contribution < 1.29 is 14.3 Å². The van der Waals surface area contributed by atoms with Crippen LogP contribution < -0.4 is 21.3 Å². The highest BCUT2D eigenvalue weighted by molar-refractivity contribution is 5.95. The molecule has 0 aliphatic rings. The van der Waals surface area contributed by atoms with E-state index in [1.165, 1.54) is 9.47 Å². The maximum Gasteiger partial charge on any atom is 0.322 e. The number of amides is 3. The van der Waals surface area contributed by atoms with E-state index in [0.717, 1.165) is 0 Å². The maximum atomic E-state index is 13.6. The molecule has 0 spiro atoms. The Hall–Kier alpha value is -4.66. The fourth-order valence-corrected chi connectivity index (χ4v) is 4.25. The first-order chi connectivity index (χ1) is 17.9. The summed E-state index contributed by atoms with van der Waals surface area (Å²) in [5.74, 6) is -0.197. The van der Waals surface area contributed by atoms with Crippen molar-refractivity contribution in [3.8, 4) is 5.75 Å². The molecule has 0 radical (unpaired) electrons. The van der Waals surface area contributed by atoms with Crippen LogP contribution in [0.5, 0.6) is 5.75 Å². The molecule has 0 fully saturated rings. The highest BCUT2D eigenvalue weighted by Crippen LogP contribution is 2.27. The molecule has 0 bridgehead atoms. The van der Waals surface area contributed by atoms with Gasteiger partial charge in [0.2, 0.25) is 5.91 Å². The highest BCUT2D eigenvalue weighted by Gasteiger charge is 2.30. The minimum atomic E-state index is -1.07. The molecule has 0 saturated carbocycles. The molecule has 0 aliphatic heterocycles. The van der Waals surface area contributed by atoms with Gasteiger partial charge in [-0.05, 0) is 36.8 Å². The smallest absolute Gasteiger partial charge is 0.322 e. The first-order valence-corrected chi connectivity index (χ1v) is 12.0. The average Bonchev–Trinajstić information content (AvgIpc) is 2.90. The van der Waals surface area contributed by atoms with Gasteiger partial charge in [0.15, 0.2) is 0 Å². The molecule has 4 aromatic rings. The van der Waals surface area contributed by atoms with E-state index in [9.17, 15) is 14.4 Å². The third-order valence-corrected chi connectivity index (χ3v) is 6.03. The van der Waals surface area contributed by atoms with E-state index >= 15 is 0 Å². The molecule has 4 rings (SSSR count). The molecular weight excluding hydrogens is 470 g/mol. The fourth-order valence-electron chi connectivity index (χ4n) is 4.25. The minimum absolute atomic E-state index is 0.0196. The fraction of sp³-hybridized carbons (Fsp3) is 0.214. The average molecular weight is 500 g/mol. The lowest BCUT2D eigenvalue weighted by atomic mass is 10.0. The van der Waals surface area contributed by atoms with Crippen molar-refractivity contribution in [1.82, 2.24) is 14.5 Å². The molecule has 1 aromatic heterocycles. The van der Waals surface area contributed by atoms with Crippen LogP contribution in [0.3, 0.4) is 0 Å². The lowest BCUT2D eigenvalue weighted by Gasteiger charge is -2.30. The van der Waals surface area contributed by atoms with Gasteiger partial charge in [-0.1, -0.05) is 54.6 Å². The number of rotatable bonds is 9. The second-order valence-electron chi connectivity index (χ2n) is 8.43. The number of hydrogen-bond acceptors (Lipinski definition) is 5. The number of fused-ring (bicyclic) bond motifs is 1. The van der Waals surface area contributed by atoms with E-state index in [4.69, 9.17) is 10.5 Å². The summed E-state index contributed by atoms with van der Waals surface area (Å²) in [6, 6.07) is 21.6. The van der Waals surface area contributed by atoms with Gasteiger partial charge in [0.1, 0.15) is 17.5 Å². The van der Waals surface area contributed by atoms with E-state index in [1.807, 2.05) is 37.3 Å². The lowest BCUT2D eigenvalue weighted by Crippen LogP contribution is -2.45. The molecule has 1 heterocycles. The van der Waals surface area contributed by atoms with Crippen molar-refractivity contribution in [2.75, 3.05) is 18.5 Å². The number of para-hydroxylation sites is 4. The summed E-state index contributed by atoms with van der Waals surface area (Å²) in [5.41, 5.74) is 8.20. The Kier molecular flexibility index (Phi) is 7.83. The summed E-state index contributed by atoms with van der Waals surface area (Å²) in [6.45, 7) is 2.29. The highest BCUT2D eigenvalue weighted by atomic mass is 16.5. The third kappa shape index (κ3) is 5.61. The van der Waals surface area contributed by atoms with E-state index in [1.54, 1.807) is 55.6 Å². The van der Waals surface area contributed by atoms with Crippen LogP contribution >= 0.6 is 0 Å². The van der Waals surface area contributed by atoms with Gasteiger partial charge in [-0.15, -0.1) is 0 Å². The topological polar surface area (TPSA) is 120 Å². The first-order valence-electron chi connectivity index (χ1n) is 12.0. The standard InChI is InChI=1S/C28H29N5O4/c1-3-37-24-16-10-8-14-21(24)31-28(36)33(25(26(29)34)19-11-5-4-6-12-19)18-17-22-27(35)32(2)23-15-9-7-13-20(23)30-22/h4-16,25H,3,17-18H2,1-2H3,(H2,29,34)(H,31,36)/t25-/m1/s1. The Labute approximate surface area is 214 Å². The van der Waals surface area contributed by atoms with Gasteiger partial charge in [0, 0.05) is 20.0 Å². The van der Waals surface area contributed by atoms with E-state index in [-0.39, 0.29) is 24.2 Å². The number of carbonyl (C=O) groups is 2. The molecule has 1 atom stereocenters. The monoisotopic (exact) mass is 499 g/mol. The second kappa shape index (κ2) is 11.4. The zero-order valence-electron chi connectivity index (χ0n) is 20.8. The SMILES string of the molecule is CCOc1ccccc1NC(=O)N(CCc1nc2ccccc2n(C)c1=O)[C@@H](C(N)=O)c1ccccc1. The van der Waals surface area contributed by atoms with Crippen LogP contribution in [0.2, 0.25) is 0 Å². The van der Waals surface area contributed by atoms with Gasteiger partial charge in [0.05, 0.1) is 23.3 Å². The number of ether oxygens (including phenoxy) is 1. The number of benzene rings is 3. The number of hydrogen-bond donors (Lipinski definition) is 2. The molecule has 9 heteroatoms. The Morgan fingerprint density at radius 1 is 1.03 bits per heavy atom. The van der Waals surface area contributed by atoms with Crippen LogP contribution in [0.15, 0.2) is 83.7 Å². The Bertz CT molecular complexity index is 1470. The quantitative estimate of drug-likeness (QED) is 0.364. The number of anilines is 1. The summed E-state index contributed by atoms with van der Waals surface area (Å²) < 4.78 is 7.16. The molecule has 190 valence electrons. The Balaban J connectivity index is 1.70. The summed E-state index contributed by atoms with van der Waals surface area (Å²) >= 11 is 0. The van der Waals surface area contributed by atoms with Crippen molar-refractivity contribution in [3.05, 3.63) is 100 Å². The van der Waals surface area contributed by atoms with Crippen molar-refractivity contribution in [2.45, 2.75) is 19.4 Å². The molecular formula is C28H29N5O4. The molecule has 3 amide bonds. The van der Waals surface area contributed by atoms with Gasteiger partial charge in [-0.3, -0.25) is 9.59 Å². The molecule has 3 aromatic carbocycles. The maximum absolute atomic E-state index is 13.6. The predicted molar refractivity (Wildman–Crippen MR) is 142 cm³/mol. The lowest BCUT2D eigenvalue weighted by molar-refractivity contribution is -0.122. The number of aromatic nitrogens is 2. The number of nitrogens with zero attached hydrogens (tertiary/aromatic N) is 3. The van der Waals surface area contributed by atoms with E-state index in [0.29, 0.717) is 34.6 Å². The summed E-state index contributed by atoms with van der Waals surface area (Å²) in [6.07, 6.45) is 0.120. The van der Waals surface area contributed by atoms with Crippen LogP contribution in [0.25, 0.3) is 11.0 Å². The Morgan fingerprint density at radius 3 is 2.43 bits per heavy atom. The molecule has 3 N–H and O–H groups in total. The van der Waals surface area contributed by atoms with Crippen molar-refractivity contribution in [3.63, 3.8) is 0 Å². The molecule has 9 nitrogen and oxygen atoms in total. The number of urea groups is 1. The summed E-state index contributed by atoms with van der Waals surface area (Å²) in [7, 11) is 1.68. The van der Waals surface area contributed by atoms with E-state index in [2.05, 4.69) is 10.3 Å². The normalized spacial score (nSPS) is 11.6. The van der Waals surface area contributed by atoms with Gasteiger partial charge >= 0.3 is 6.03 Å². The zero-order valence-corrected chi connectivity index (χ0v) is 20.8. The zero-order chi connectivity index (χ0) is 26.4. The summed E-state index contributed by atoms with van der Waals surface area (Å²) in [4.78, 5) is 45.2. The number of primary amides is 1. The predicted octanol–water partition coefficient (Wildman–Crippen LogP) is 3.64. The van der Waals surface area contributed by atoms with Gasteiger partial charge in [0.25, 0.3) is 5.56 Å². The van der Waals surface area contributed by atoms with Crippen molar-refractivity contribution in [1.29, 1.82) is 0 Å². The van der Waals surface area contributed by atoms with Crippen LogP contribution in [-0.2, 0) is 18.3 Å². The van der Waals surface area contributed by atoms with Gasteiger partial charge in [-0.2, -0.15) is 0 Å². The molecule has 0 aliphatic carbocycles. The number of nitrogens with two attached hydrogens (primary N) is 1. The number of carbonyl (C=O) groups excluding carboxylic acids is 2. The van der Waals surface area contributed by atoms with Crippen LogP contribution in [0, 0.1) is 0 Å². The molecule has 0 saturated heterocycles. The largest absolute Gasteiger partial charge is 0.492 e. The first kappa shape index (κ1) is 25.4. The second-order valence-corrected chi connectivity index (χ2v) is 8.43. The third-order valence-electron chi connectivity index (χ3n) is 6.03. The molecule has 0 unspecified atom stereocenters. The van der Waals surface area contributed by atoms with E-state index < -0.39 is 18.0 Å². The summed E-state index contributed by atoms with van der Waals surface area (Å²) in [5, 5.41) is 2.84.